The van der Waals surface area contributed by atoms with Gasteiger partial charge >= 0.3 is 5.97 Å². The number of rotatable bonds is 9. The predicted octanol–water partition coefficient (Wildman–Crippen LogP) is 1.15. The zero-order chi connectivity index (χ0) is 17.0. The number of carbonyl (C=O) groups is 1. The highest BCUT2D eigenvalue weighted by Gasteiger charge is 2.35. The predicted molar refractivity (Wildman–Crippen MR) is 87.2 cm³/mol. The number of carboxylic acid groups (broad SMARTS) is 1. The van der Waals surface area contributed by atoms with Crippen LogP contribution in [-0.2, 0) is 44.6 Å². The van der Waals surface area contributed by atoms with Gasteiger partial charge in [0.1, 0.15) is 0 Å². The normalized spacial score (nSPS) is 31.7. The summed E-state index contributed by atoms with van der Waals surface area (Å²) >= 11 is 0. The molecule has 0 saturated carbocycles. The lowest BCUT2D eigenvalue weighted by Crippen LogP contribution is -2.17. The number of epoxide rings is 4. The van der Waals surface area contributed by atoms with Gasteiger partial charge in [0, 0.05) is 25.7 Å². The highest BCUT2D eigenvalue weighted by atomic mass is 16.6. The van der Waals surface area contributed by atoms with Crippen LogP contribution in [0.15, 0.2) is 6.07 Å². The molecule has 4 aliphatic heterocycles. The van der Waals surface area contributed by atoms with E-state index in [0.29, 0.717) is 12.0 Å². The van der Waals surface area contributed by atoms with E-state index in [9.17, 15) is 9.90 Å². The van der Waals surface area contributed by atoms with E-state index in [1.165, 1.54) is 5.56 Å². The van der Waals surface area contributed by atoms with Crippen molar-refractivity contribution >= 4 is 5.97 Å². The minimum Gasteiger partial charge on any atom is -0.478 e. The molecule has 0 amide bonds. The lowest BCUT2D eigenvalue weighted by atomic mass is 9.84. The number of benzene rings is 1. The van der Waals surface area contributed by atoms with Crippen molar-refractivity contribution in [1.29, 1.82) is 0 Å². The van der Waals surface area contributed by atoms with Gasteiger partial charge < -0.3 is 24.1 Å². The fourth-order valence-corrected chi connectivity index (χ4v) is 3.67. The molecule has 0 radical (unpaired) electrons. The summed E-state index contributed by atoms with van der Waals surface area (Å²) < 4.78 is 21.7. The zero-order valence-electron chi connectivity index (χ0n) is 14.0. The van der Waals surface area contributed by atoms with E-state index >= 15 is 0 Å². The van der Waals surface area contributed by atoms with Crippen LogP contribution >= 0.6 is 0 Å². The van der Waals surface area contributed by atoms with Gasteiger partial charge in [-0.1, -0.05) is 0 Å². The van der Waals surface area contributed by atoms with Crippen molar-refractivity contribution in [1.82, 2.24) is 0 Å². The van der Waals surface area contributed by atoms with Gasteiger partial charge in [-0.25, -0.2) is 4.79 Å². The second kappa shape index (κ2) is 6.06. The molecule has 5 rings (SSSR count). The van der Waals surface area contributed by atoms with Crippen LogP contribution in [0, 0.1) is 0 Å². The van der Waals surface area contributed by atoms with Gasteiger partial charge in [0.25, 0.3) is 0 Å². The Hall–Kier alpha value is -1.47. The molecule has 1 N–H and O–H groups in total. The van der Waals surface area contributed by atoms with Crippen LogP contribution in [0.3, 0.4) is 0 Å². The van der Waals surface area contributed by atoms with Crippen LogP contribution in [0.5, 0.6) is 0 Å². The summed E-state index contributed by atoms with van der Waals surface area (Å²) in [4.78, 5) is 11.9. The second-order valence-electron chi connectivity index (χ2n) is 7.46. The Morgan fingerprint density at radius 1 is 0.800 bits per heavy atom. The fraction of sp³-hybridized carbons (Fsp3) is 0.632. The topological polar surface area (TPSA) is 87.4 Å². The first-order valence-electron chi connectivity index (χ1n) is 9.03. The number of hydrogen-bond acceptors (Lipinski definition) is 5. The SMILES string of the molecule is O=C(O)c1cc(CC2CO2)c(CC2CO2)c(CC2CO2)c1CC1CO1. The average Bonchev–Trinajstić information content (AvgIpc) is 3.43. The molecule has 4 fully saturated rings. The molecule has 0 aromatic heterocycles. The monoisotopic (exact) mass is 346 g/mol. The smallest absolute Gasteiger partial charge is 0.335 e. The van der Waals surface area contributed by atoms with E-state index in [0.717, 1.165) is 62.4 Å². The minimum atomic E-state index is -0.860. The van der Waals surface area contributed by atoms with E-state index < -0.39 is 5.97 Å². The van der Waals surface area contributed by atoms with Crippen LogP contribution in [0.25, 0.3) is 0 Å². The van der Waals surface area contributed by atoms with Gasteiger partial charge in [-0.3, -0.25) is 0 Å². The average molecular weight is 346 g/mol. The first-order valence-corrected chi connectivity index (χ1v) is 9.03. The van der Waals surface area contributed by atoms with E-state index in [2.05, 4.69) is 0 Å². The zero-order valence-corrected chi connectivity index (χ0v) is 14.0. The summed E-state index contributed by atoms with van der Waals surface area (Å²) in [5.74, 6) is -0.860. The van der Waals surface area contributed by atoms with Crippen molar-refractivity contribution in [3.8, 4) is 0 Å². The lowest BCUT2D eigenvalue weighted by molar-refractivity contribution is 0.0695. The molecule has 4 aliphatic rings. The Morgan fingerprint density at radius 3 is 1.72 bits per heavy atom. The molecule has 4 atom stereocenters. The van der Waals surface area contributed by atoms with Crippen LogP contribution in [-0.4, -0.2) is 61.9 Å². The van der Waals surface area contributed by atoms with Gasteiger partial charge in [-0.15, -0.1) is 0 Å². The Balaban J connectivity index is 1.60. The maximum absolute atomic E-state index is 11.9. The van der Waals surface area contributed by atoms with Gasteiger partial charge in [0.2, 0.25) is 0 Å². The molecule has 0 spiro atoms. The third-order valence-electron chi connectivity index (χ3n) is 5.34. The lowest BCUT2D eigenvalue weighted by Gasteiger charge is -2.20. The van der Waals surface area contributed by atoms with E-state index in [-0.39, 0.29) is 24.4 Å². The molecule has 1 aromatic rings. The number of ether oxygens (including phenoxy) is 4. The molecule has 4 saturated heterocycles. The van der Waals surface area contributed by atoms with Crippen molar-refractivity contribution in [2.45, 2.75) is 50.1 Å². The van der Waals surface area contributed by atoms with Crippen LogP contribution in [0.4, 0.5) is 0 Å². The van der Waals surface area contributed by atoms with Crippen molar-refractivity contribution in [3.05, 3.63) is 33.9 Å². The molecular formula is C19H22O6. The van der Waals surface area contributed by atoms with Gasteiger partial charge in [-0.2, -0.15) is 0 Å². The summed E-state index contributed by atoms with van der Waals surface area (Å²) in [5, 5.41) is 9.80. The van der Waals surface area contributed by atoms with Crippen molar-refractivity contribution < 1.29 is 28.8 Å². The molecule has 0 bridgehead atoms. The minimum absolute atomic E-state index is 0.152. The molecular weight excluding hydrogens is 324 g/mol. The van der Waals surface area contributed by atoms with Gasteiger partial charge in [0.05, 0.1) is 56.4 Å². The Labute approximate surface area is 146 Å². The van der Waals surface area contributed by atoms with Gasteiger partial charge in [-0.05, 0) is 28.3 Å². The molecule has 4 unspecified atom stereocenters. The Kier molecular flexibility index (Phi) is 3.82. The first-order chi connectivity index (χ1) is 12.2. The molecule has 6 heteroatoms. The summed E-state index contributed by atoms with van der Waals surface area (Å²) in [6.07, 6.45) is 3.93. The molecule has 4 heterocycles. The third-order valence-corrected chi connectivity index (χ3v) is 5.34. The summed E-state index contributed by atoms with van der Waals surface area (Å²) in [5.41, 5.74) is 4.87. The highest BCUT2D eigenvalue weighted by Crippen LogP contribution is 2.35. The summed E-state index contributed by atoms with van der Waals surface area (Å²) in [7, 11) is 0. The number of carboxylic acids is 1. The summed E-state index contributed by atoms with van der Waals surface area (Å²) in [6, 6.07) is 1.87. The molecule has 0 aliphatic carbocycles. The molecule has 1 aromatic carbocycles. The van der Waals surface area contributed by atoms with Crippen molar-refractivity contribution in [2.24, 2.45) is 0 Å². The first kappa shape index (κ1) is 15.8. The van der Waals surface area contributed by atoms with E-state index in [4.69, 9.17) is 18.9 Å². The van der Waals surface area contributed by atoms with Crippen molar-refractivity contribution in [2.75, 3.05) is 26.4 Å². The molecule has 25 heavy (non-hydrogen) atoms. The van der Waals surface area contributed by atoms with E-state index in [1.807, 2.05) is 6.07 Å². The van der Waals surface area contributed by atoms with Crippen molar-refractivity contribution in [3.63, 3.8) is 0 Å². The van der Waals surface area contributed by atoms with Gasteiger partial charge in [0.15, 0.2) is 0 Å². The summed E-state index contributed by atoms with van der Waals surface area (Å²) in [6.45, 7) is 3.04. The quantitative estimate of drug-likeness (QED) is 0.675. The number of hydrogen-bond donors (Lipinski definition) is 1. The standard InChI is InChI=1S/C19H22O6/c20-19(21)18-2-10(1-11-6-22-11)15(3-12-7-23-12)16(4-13-8-24-13)17(18)5-14-9-25-14/h2,11-14H,1,3-9H2,(H,20,21). The van der Waals surface area contributed by atoms with Crippen LogP contribution in [0.2, 0.25) is 0 Å². The number of aromatic carboxylic acids is 1. The third kappa shape index (κ3) is 3.72. The largest absolute Gasteiger partial charge is 0.478 e. The maximum atomic E-state index is 11.9. The maximum Gasteiger partial charge on any atom is 0.335 e. The van der Waals surface area contributed by atoms with Crippen LogP contribution < -0.4 is 0 Å². The Bertz CT molecular complexity index is 698. The fourth-order valence-electron chi connectivity index (χ4n) is 3.67. The second-order valence-corrected chi connectivity index (χ2v) is 7.46. The van der Waals surface area contributed by atoms with E-state index in [1.54, 1.807) is 0 Å². The molecule has 6 nitrogen and oxygen atoms in total. The van der Waals surface area contributed by atoms with Crippen LogP contribution in [0.1, 0.15) is 32.6 Å². The Morgan fingerprint density at radius 2 is 1.24 bits per heavy atom. The molecule has 134 valence electrons. The highest BCUT2D eigenvalue weighted by molar-refractivity contribution is 5.90.